The lowest BCUT2D eigenvalue weighted by atomic mass is 10.1. The second-order valence-electron chi connectivity index (χ2n) is 4.17. The molecule has 100 valence electrons. The highest BCUT2D eigenvalue weighted by Crippen LogP contribution is 2.31. The number of nitrogen functional groups attached to an aromatic ring is 1. The Morgan fingerprint density at radius 1 is 1.30 bits per heavy atom. The van der Waals surface area contributed by atoms with Crippen LogP contribution in [-0.4, -0.2) is 4.92 Å². The molecule has 0 radical (unpaired) electrons. The van der Waals surface area contributed by atoms with Gasteiger partial charge in [-0.05, 0) is 30.7 Å². The Morgan fingerprint density at radius 2 is 2.05 bits per heavy atom. The normalized spacial score (nSPS) is 9.80. The van der Waals surface area contributed by atoms with E-state index in [2.05, 4.69) is 0 Å². The van der Waals surface area contributed by atoms with Crippen LogP contribution in [0.25, 0.3) is 0 Å². The van der Waals surface area contributed by atoms with E-state index >= 15 is 0 Å². The van der Waals surface area contributed by atoms with Gasteiger partial charge in [0.2, 0.25) is 0 Å². The maximum atomic E-state index is 10.7. The van der Waals surface area contributed by atoms with Gasteiger partial charge in [-0.2, -0.15) is 5.26 Å². The minimum atomic E-state index is -0.555. The van der Waals surface area contributed by atoms with E-state index < -0.39 is 4.92 Å². The Labute approximate surface area is 115 Å². The van der Waals surface area contributed by atoms with Gasteiger partial charge in [0.25, 0.3) is 5.69 Å². The van der Waals surface area contributed by atoms with Gasteiger partial charge in [-0.25, -0.2) is 0 Å². The Kier molecular flexibility index (Phi) is 3.53. The highest BCUT2D eigenvalue weighted by Gasteiger charge is 2.12. The number of aryl methyl sites for hydroxylation is 1. The molecule has 0 amide bonds. The third-order valence-electron chi connectivity index (χ3n) is 2.74. The summed E-state index contributed by atoms with van der Waals surface area (Å²) >= 11 is 0. The maximum Gasteiger partial charge on any atom is 0.292 e. The molecule has 0 atom stereocenters. The Bertz CT molecular complexity index is 720. The number of nitro groups is 1. The fourth-order valence-electron chi connectivity index (χ4n) is 1.67. The van der Waals surface area contributed by atoms with Crippen LogP contribution in [0.4, 0.5) is 11.4 Å². The molecule has 2 aromatic rings. The summed E-state index contributed by atoms with van der Waals surface area (Å²) in [4.78, 5) is 10.1. The number of nitrogens with zero attached hydrogens (tertiary/aromatic N) is 2. The van der Waals surface area contributed by atoms with Crippen molar-refractivity contribution in [1.82, 2.24) is 0 Å². The van der Waals surface area contributed by atoms with Gasteiger partial charge in [0.1, 0.15) is 17.2 Å². The van der Waals surface area contributed by atoms with Crippen molar-refractivity contribution in [3.8, 4) is 17.6 Å². The zero-order chi connectivity index (χ0) is 14.7. The van der Waals surface area contributed by atoms with E-state index in [1.54, 1.807) is 18.2 Å². The molecule has 0 aromatic heterocycles. The van der Waals surface area contributed by atoms with Crippen LogP contribution in [0.15, 0.2) is 36.4 Å². The number of nitro benzene ring substituents is 1. The average Bonchev–Trinajstić information content (AvgIpc) is 2.41. The molecular formula is C14H11N3O3. The first-order valence-corrected chi connectivity index (χ1v) is 5.74. The summed E-state index contributed by atoms with van der Waals surface area (Å²) in [6, 6.07) is 11.2. The molecule has 0 fully saturated rings. The van der Waals surface area contributed by atoms with E-state index in [0.717, 1.165) is 5.56 Å². The van der Waals surface area contributed by atoms with E-state index in [1.165, 1.54) is 18.2 Å². The molecule has 0 unspecified atom stereocenters. The number of hydrogen-bond donors (Lipinski definition) is 1. The fraction of sp³-hybridized carbons (Fsp3) is 0.0714. The number of hydrogen-bond acceptors (Lipinski definition) is 5. The molecule has 0 aliphatic rings. The maximum absolute atomic E-state index is 10.7. The van der Waals surface area contributed by atoms with Crippen LogP contribution in [0, 0.1) is 28.4 Å². The molecule has 0 saturated heterocycles. The summed E-state index contributed by atoms with van der Waals surface area (Å²) in [7, 11) is 0. The second kappa shape index (κ2) is 5.28. The first-order valence-electron chi connectivity index (χ1n) is 5.74. The summed E-state index contributed by atoms with van der Waals surface area (Å²) in [5.41, 5.74) is 6.78. The molecule has 0 spiro atoms. The number of nitriles is 1. The SMILES string of the molecule is Cc1ccc(C#N)cc1Oc1ccc([N+](=O)[O-])c(N)c1. The zero-order valence-corrected chi connectivity index (χ0v) is 10.7. The van der Waals surface area contributed by atoms with Crippen molar-refractivity contribution in [2.24, 2.45) is 0 Å². The predicted molar refractivity (Wildman–Crippen MR) is 73.5 cm³/mol. The smallest absolute Gasteiger partial charge is 0.292 e. The quantitative estimate of drug-likeness (QED) is 0.523. The Balaban J connectivity index is 2.33. The molecule has 0 bridgehead atoms. The lowest BCUT2D eigenvalue weighted by molar-refractivity contribution is -0.383. The van der Waals surface area contributed by atoms with Crippen molar-refractivity contribution in [2.45, 2.75) is 6.92 Å². The molecule has 2 aromatic carbocycles. The lowest BCUT2D eigenvalue weighted by Crippen LogP contribution is -1.96. The molecule has 0 aliphatic carbocycles. The fourth-order valence-corrected chi connectivity index (χ4v) is 1.67. The second-order valence-corrected chi connectivity index (χ2v) is 4.17. The molecule has 2 N–H and O–H groups in total. The van der Waals surface area contributed by atoms with Gasteiger partial charge in [0, 0.05) is 12.1 Å². The summed E-state index contributed by atoms with van der Waals surface area (Å²) < 4.78 is 5.61. The van der Waals surface area contributed by atoms with Crippen molar-refractivity contribution in [3.63, 3.8) is 0 Å². The van der Waals surface area contributed by atoms with Gasteiger partial charge in [-0.1, -0.05) is 6.07 Å². The molecule has 0 heterocycles. The Morgan fingerprint density at radius 3 is 2.65 bits per heavy atom. The van der Waals surface area contributed by atoms with Crippen molar-refractivity contribution in [1.29, 1.82) is 5.26 Å². The molecule has 20 heavy (non-hydrogen) atoms. The highest BCUT2D eigenvalue weighted by atomic mass is 16.6. The third kappa shape index (κ3) is 2.67. The number of benzene rings is 2. The van der Waals surface area contributed by atoms with Crippen molar-refractivity contribution in [2.75, 3.05) is 5.73 Å². The number of ether oxygens (including phenoxy) is 1. The van der Waals surface area contributed by atoms with Gasteiger partial charge in [0.05, 0.1) is 16.6 Å². The van der Waals surface area contributed by atoms with E-state index in [-0.39, 0.29) is 11.4 Å². The van der Waals surface area contributed by atoms with Gasteiger partial charge >= 0.3 is 0 Å². The van der Waals surface area contributed by atoms with Crippen molar-refractivity contribution >= 4 is 11.4 Å². The zero-order valence-electron chi connectivity index (χ0n) is 10.7. The van der Waals surface area contributed by atoms with E-state index in [4.69, 9.17) is 15.7 Å². The van der Waals surface area contributed by atoms with E-state index in [0.29, 0.717) is 17.1 Å². The number of nitrogens with two attached hydrogens (primary N) is 1. The van der Waals surface area contributed by atoms with Gasteiger partial charge in [-0.15, -0.1) is 0 Å². The minimum absolute atomic E-state index is 0.0293. The van der Waals surface area contributed by atoms with E-state index in [9.17, 15) is 10.1 Å². The Hall–Kier alpha value is -3.07. The standard InChI is InChI=1S/C14H11N3O3/c1-9-2-3-10(8-15)6-14(9)20-11-4-5-13(17(18)19)12(16)7-11/h2-7H,16H2,1H3. The van der Waals surface area contributed by atoms with E-state index in [1.807, 2.05) is 13.0 Å². The van der Waals surface area contributed by atoms with Crippen LogP contribution in [0.5, 0.6) is 11.5 Å². The molecule has 2 rings (SSSR count). The van der Waals surface area contributed by atoms with Crippen LogP contribution in [-0.2, 0) is 0 Å². The predicted octanol–water partition coefficient (Wildman–Crippen LogP) is 3.15. The average molecular weight is 269 g/mol. The largest absolute Gasteiger partial charge is 0.457 e. The molecule has 6 nitrogen and oxygen atoms in total. The summed E-state index contributed by atoms with van der Waals surface area (Å²) in [6.07, 6.45) is 0. The monoisotopic (exact) mass is 269 g/mol. The summed E-state index contributed by atoms with van der Waals surface area (Å²) in [5.74, 6) is 0.892. The third-order valence-corrected chi connectivity index (χ3v) is 2.74. The van der Waals surface area contributed by atoms with Crippen LogP contribution >= 0.6 is 0 Å². The van der Waals surface area contributed by atoms with Gasteiger partial charge in [0.15, 0.2) is 0 Å². The van der Waals surface area contributed by atoms with Gasteiger partial charge < -0.3 is 10.5 Å². The topological polar surface area (TPSA) is 102 Å². The molecule has 6 heteroatoms. The van der Waals surface area contributed by atoms with Crippen LogP contribution < -0.4 is 10.5 Å². The molecular weight excluding hydrogens is 258 g/mol. The number of rotatable bonds is 3. The molecule has 0 aliphatic heterocycles. The summed E-state index contributed by atoms with van der Waals surface area (Å²) in [5, 5.41) is 19.5. The first kappa shape index (κ1) is 13.4. The van der Waals surface area contributed by atoms with Crippen LogP contribution in [0.1, 0.15) is 11.1 Å². The lowest BCUT2D eigenvalue weighted by Gasteiger charge is -2.09. The number of anilines is 1. The molecule has 0 saturated carbocycles. The van der Waals surface area contributed by atoms with Crippen LogP contribution in [0.2, 0.25) is 0 Å². The minimum Gasteiger partial charge on any atom is -0.457 e. The van der Waals surface area contributed by atoms with Gasteiger partial charge in [-0.3, -0.25) is 10.1 Å². The van der Waals surface area contributed by atoms with Crippen molar-refractivity contribution < 1.29 is 9.66 Å². The highest BCUT2D eigenvalue weighted by molar-refractivity contribution is 5.61. The first-order chi connectivity index (χ1) is 9.51. The summed E-state index contributed by atoms with van der Waals surface area (Å²) in [6.45, 7) is 1.84. The van der Waals surface area contributed by atoms with Crippen molar-refractivity contribution in [3.05, 3.63) is 57.6 Å². The van der Waals surface area contributed by atoms with Crippen LogP contribution in [0.3, 0.4) is 0 Å².